The lowest BCUT2D eigenvalue weighted by Crippen LogP contribution is -2.46. The summed E-state index contributed by atoms with van der Waals surface area (Å²) in [4.78, 5) is 12.5. The van der Waals surface area contributed by atoms with Crippen LogP contribution in [0.4, 0.5) is 0 Å². The number of rotatable bonds is 3. The second kappa shape index (κ2) is 4.89. The summed E-state index contributed by atoms with van der Waals surface area (Å²) < 4.78 is 0. The zero-order valence-electron chi connectivity index (χ0n) is 15.8. The lowest BCUT2D eigenvalue weighted by atomic mass is 9.62. The number of hydrogen-bond donors (Lipinski definition) is 1. The monoisotopic (exact) mass is 327 g/mol. The van der Waals surface area contributed by atoms with Crippen molar-refractivity contribution in [2.24, 2.45) is 46.8 Å². The third-order valence-corrected chi connectivity index (χ3v) is 8.92. The van der Waals surface area contributed by atoms with E-state index in [2.05, 4.69) is 33.0 Å². The van der Waals surface area contributed by atoms with Gasteiger partial charge in [-0.05, 0) is 92.8 Å². The lowest BCUT2D eigenvalue weighted by molar-refractivity contribution is -0.115. The highest BCUT2D eigenvalue weighted by Gasteiger charge is 2.65. The molecule has 5 fully saturated rings. The highest BCUT2D eigenvalue weighted by molar-refractivity contribution is 6.01. The first-order valence-corrected chi connectivity index (χ1v) is 10.4. The first kappa shape index (κ1) is 15.5. The SMILES string of the molecule is C/C(N[C@H](C)[C@H]1[C@@H]2CC[C@H]3C[C@@H](C2)C[C@@H]31)=C1/C(=O)C[C@@H]2[C@H]1C2(C)C. The van der Waals surface area contributed by atoms with Crippen molar-refractivity contribution < 1.29 is 4.79 Å². The van der Waals surface area contributed by atoms with Gasteiger partial charge in [0.1, 0.15) is 0 Å². The summed E-state index contributed by atoms with van der Waals surface area (Å²) in [5.41, 5.74) is 2.72. The summed E-state index contributed by atoms with van der Waals surface area (Å²) in [6, 6.07) is 0.531. The predicted molar refractivity (Wildman–Crippen MR) is 96.2 cm³/mol. The largest absolute Gasteiger partial charge is 0.385 e. The van der Waals surface area contributed by atoms with Crippen molar-refractivity contribution in [1.29, 1.82) is 0 Å². The van der Waals surface area contributed by atoms with Gasteiger partial charge >= 0.3 is 0 Å². The minimum absolute atomic E-state index is 0.359. The molecule has 0 aromatic carbocycles. The molecule has 5 rings (SSSR count). The van der Waals surface area contributed by atoms with Crippen LogP contribution in [-0.4, -0.2) is 11.8 Å². The van der Waals surface area contributed by atoms with E-state index >= 15 is 0 Å². The van der Waals surface area contributed by atoms with Gasteiger partial charge in [-0.15, -0.1) is 0 Å². The Morgan fingerprint density at radius 3 is 2.62 bits per heavy atom. The molecular weight excluding hydrogens is 294 g/mol. The van der Waals surface area contributed by atoms with E-state index < -0.39 is 0 Å². The van der Waals surface area contributed by atoms with E-state index in [0.29, 0.717) is 29.1 Å². The van der Waals surface area contributed by atoms with E-state index in [9.17, 15) is 4.79 Å². The van der Waals surface area contributed by atoms with Crippen LogP contribution in [0.1, 0.15) is 66.2 Å². The first-order chi connectivity index (χ1) is 11.4. The van der Waals surface area contributed by atoms with Gasteiger partial charge in [0.25, 0.3) is 0 Å². The molecule has 24 heavy (non-hydrogen) atoms. The van der Waals surface area contributed by atoms with E-state index in [4.69, 9.17) is 0 Å². The van der Waals surface area contributed by atoms with Crippen molar-refractivity contribution in [3.63, 3.8) is 0 Å². The normalized spacial score (nSPS) is 50.7. The Morgan fingerprint density at radius 2 is 1.88 bits per heavy atom. The van der Waals surface area contributed by atoms with Crippen molar-refractivity contribution in [2.45, 2.75) is 72.3 Å². The molecular formula is C22H33NO. The fourth-order valence-corrected chi connectivity index (χ4v) is 7.86. The molecule has 0 heterocycles. The van der Waals surface area contributed by atoms with Gasteiger partial charge < -0.3 is 5.32 Å². The number of nitrogens with one attached hydrogen (secondary N) is 1. The van der Waals surface area contributed by atoms with Gasteiger partial charge in [-0.1, -0.05) is 13.8 Å². The van der Waals surface area contributed by atoms with Crippen LogP contribution in [0.2, 0.25) is 0 Å². The summed E-state index contributed by atoms with van der Waals surface area (Å²) in [6.07, 6.45) is 8.23. The van der Waals surface area contributed by atoms with Crippen LogP contribution in [0, 0.1) is 46.8 Å². The van der Waals surface area contributed by atoms with Gasteiger partial charge in [0.15, 0.2) is 5.78 Å². The second-order valence-electron chi connectivity index (χ2n) is 10.4. The number of carbonyl (C=O) groups is 1. The van der Waals surface area contributed by atoms with Crippen LogP contribution in [0.25, 0.3) is 0 Å². The average Bonchev–Trinajstić information content (AvgIpc) is 2.80. The Kier molecular flexibility index (Phi) is 3.15. The Hall–Kier alpha value is -0.790. The predicted octanol–water partition coefficient (Wildman–Crippen LogP) is 4.56. The first-order valence-electron chi connectivity index (χ1n) is 10.4. The van der Waals surface area contributed by atoms with Gasteiger partial charge in [-0.25, -0.2) is 0 Å². The number of allylic oxidation sites excluding steroid dienone is 2. The van der Waals surface area contributed by atoms with Crippen molar-refractivity contribution in [3.8, 4) is 0 Å². The summed E-state index contributed by atoms with van der Waals surface area (Å²) in [5.74, 6) is 6.38. The number of ketones is 1. The maximum atomic E-state index is 12.5. The van der Waals surface area contributed by atoms with Gasteiger partial charge in [0.05, 0.1) is 0 Å². The highest BCUT2D eigenvalue weighted by Crippen LogP contribution is 2.68. The third kappa shape index (κ3) is 1.98. The molecule has 2 heteroatoms. The Morgan fingerprint density at radius 1 is 1.17 bits per heavy atom. The average molecular weight is 328 g/mol. The Balaban J connectivity index is 1.36. The topological polar surface area (TPSA) is 29.1 Å². The van der Waals surface area contributed by atoms with Crippen LogP contribution in [0.15, 0.2) is 11.3 Å². The third-order valence-electron chi connectivity index (χ3n) is 8.92. The van der Waals surface area contributed by atoms with E-state index in [0.717, 1.165) is 41.6 Å². The van der Waals surface area contributed by atoms with Gasteiger partial charge in [-0.3, -0.25) is 4.79 Å². The Bertz CT molecular complexity index is 617. The summed E-state index contributed by atoms with van der Waals surface area (Å²) in [6.45, 7) is 9.26. The molecule has 5 saturated carbocycles. The van der Waals surface area contributed by atoms with Crippen molar-refractivity contribution >= 4 is 5.78 Å². The molecule has 0 aliphatic heterocycles. The summed E-state index contributed by atoms with van der Waals surface area (Å²) >= 11 is 0. The number of Topliss-reactive ketones (excluding diaryl/α,β-unsaturated/α-hetero) is 1. The molecule has 2 nitrogen and oxygen atoms in total. The Labute approximate surface area is 146 Å². The van der Waals surface area contributed by atoms with Crippen LogP contribution in [0.5, 0.6) is 0 Å². The van der Waals surface area contributed by atoms with Crippen molar-refractivity contribution in [1.82, 2.24) is 5.32 Å². The molecule has 5 aliphatic carbocycles. The number of carbonyl (C=O) groups excluding carboxylic acids is 1. The number of hydrogen-bond acceptors (Lipinski definition) is 2. The van der Waals surface area contributed by atoms with Crippen LogP contribution >= 0.6 is 0 Å². The fourth-order valence-electron chi connectivity index (χ4n) is 7.86. The van der Waals surface area contributed by atoms with E-state index in [1.807, 2.05) is 0 Å². The molecule has 0 spiro atoms. The minimum Gasteiger partial charge on any atom is -0.385 e. The van der Waals surface area contributed by atoms with Crippen LogP contribution in [-0.2, 0) is 4.79 Å². The quantitative estimate of drug-likeness (QED) is 0.770. The molecule has 0 saturated heterocycles. The molecule has 0 aromatic heterocycles. The molecule has 8 atom stereocenters. The smallest absolute Gasteiger partial charge is 0.161 e. The van der Waals surface area contributed by atoms with Gasteiger partial charge in [0.2, 0.25) is 0 Å². The standard InChI is InChI=1S/C22H33NO/c1-11(19-15-6-5-14-7-13(8-15)9-16(14)19)23-12(2)20-18(24)10-17-21(20)22(17,3)4/h11,13-17,19,21,23H,5-10H2,1-4H3/b20-12+/t11-,13+,14+,15-,16+,17-,19+,21-/m1/s1. The molecule has 1 N–H and O–H groups in total. The lowest BCUT2D eigenvalue weighted by Gasteiger charge is -2.46. The molecule has 0 amide bonds. The molecule has 5 aliphatic rings. The molecule has 0 aromatic rings. The minimum atomic E-state index is 0.359. The molecule has 132 valence electrons. The number of fused-ring (bicyclic) bond motifs is 3. The summed E-state index contributed by atoms with van der Waals surface area (Å²) in [5, 5.41) is 3.84. The molecule has 3 bridgehead atoms. The maximum Gasteiger partial charge on any atom is 0.161 e. The van der Waals surface area contributed by atoms with Crippen molar-refractivity contribution in [3.05, 3.63) is 11.3 Å². The van der Waals surface area contributed by atoms with Crippen molar-refractivity contribution in [2.75, 3.05) is 0 Å². The zero-order valence-corrected chi connectivity index (χ0v) is 15.8. The van der Waals surface area contributed by atoms with Crippen LogP contribution in [0.3, 0.4) is 0 Å². The highest BCUT2D eigenvalue weighted by atomic mass is 16.1. The summed E-state index contributed by atoms with van der Waals surface area (Å²) in [7, 11) is 0. The van der Waals surface area contributed by atoms with Crippen LogP contribution < -0.4 is 5.32 Å². The fraction of sp³-hybridized carbons (Fsp3) is 0.864. The molecule has 0 radical (unpaired) electrons. The maximum absolute atomic E-state index is 12.5. The molecule has 0 unspecified atom stereocenters. The van der Waals surface area contributed by atoms with Gasteiger partial charge in [0, 0.05) is 23.7 Å². The van der Waals surface area contributed by atoms with E-state index in [1.165, 1.54) is 37.8 Å². The van der Waals surface area contributed by atoms with E-state index in [-0.39, 0.29) is 0 Å². The zero-order chi connectivity index (χ0) is 16.8. The second-order valence-corrected chi connectivity index (χ2v) is 10.4. The van der Waals surface area contributed by atoms with E-state index in [1.54, 1.807) is 0 Å². The van der Waals surface area contributed by atoms with Gasteiger partial charge in [-0.2, -0.15) is 0 Å².